The fraction of sp³-hybridized carbons (Fsp3) is 0.583. The Morgan fingerprint density at radius 1 is 1.53 bits per heavy atom. The van der Waals surface area contributed by atoms with Gasteiger partial charge in [0.15, 0.2) is 0 Å². The molecular weight excluding hydrogens is 248 g/mol. The molecule has 3 N–H and O–H groups in total. The van der Waals surface area contributed by atoms with Crippen molar-refractivity contribution >= 4 is 11.9 Å². The van der Waals surface area contributed by atoms with Crippen molar-refractivity contribution in [2.45, 2.75) is 20.4 Å². The van der Waals surface area contributed by atoms with Crippen molar-refractivity contribution in [1.29, 1.82) is 0 Å². The second kappa shape index (κ2) is 6.89. The Labute approximate surface area is 112 Å². The van der Waals surface area contributed by atoms with E-state index in [9.17, 15) is 9.59 Å². The number of aliphatic carboxylic acids is 1. The van der Waals surface area contributed by atoms with Crippen LogP contribution in [-0.4, -0.2) is 51.1 Å². The van der Waals surface area contributed by atoms with Crippen molar-refractivity contribution in [2.24, 2.45) is 11.7 Å². The Morgan fingerprint density at radius 3 is 2.74 bits per heavy atom. The van der Waals surface area contributed by atoms with Crippen molar-refractivity contribution in [3.63, 3.8) is 0 Å². The summed E-state index contributed by atoms with van der Waals surface area (Å²) >= 11 is 0. The Kier molecular flexibility index (Phi) is 5.50. The normalized spacial score (nSPS) is 10.7. The minimum Gasteiger partial charge on any atom is -0.480 e. The summed E-state index contributed by atoms with van der Waals surface area (Å²) in [7, 11) is 0. The molecule has 7 nitrogen and oxygen atoms in total. The van der Waals surface area contributed by atoms with Crippen LogP contribution in [0.5, 0.6) is 0 Å². The van der Waals surface area contributed by atoms with E-state index < -0.39 is 5.97 Å². The highest BCUT2D eigenvalue weighted by molar-refractivity contribution is 5.93. The number of amides is 1. The van der Waals surface area contributed by atoms with E-state index in [1.165, 1.54) is 11.2 Å². The highest BCUT2D eigenvalue weighted by Crippen LogP contribution is 2.06. The van der Waals surface area contributed by atoms with Crippen molar-refractivity contribution in [3.05, 3.63) is 18.2 Å². The summed E-state index contributed by atoms with van der Waals surface area (Å²) in [6.07, 6.45) is 3.11. The molecular formula is C12H20N4O3. The molecule has 0 atom stereocenters. The highest BCUT2D eigenvalue weighted by atomic mass is 16.4. The van der Waals surface area contributed by atoms with Gasteiger partial charge < -0.3 is 20.3 Å². The first-order chi connectivity index (χ1) is 8.93. The number of rotatable bonds is 7. The SMILES string of the molecule is CC(C)CN(CC(=O)O)C(=O)c1cn(CCN)cn1. The first kappa shape index (κ1) is 15.2. The third kappa shape index (κ3) is 4.70. The number of nitrogens with zero attached hydrogens (tertiary/aromatic N) is 3. The van der Waals surface area contributed by atoms with E-state index >= 15 is 0 Å². The van der Waals surface area contributed by atoms with Gasteiger partial charge in [-0.25, -0.2) is 4.98 Å². The molecule has 0 saturated heterocycles. The van der Waals surface area contributed by atoms with Crippen LogP contribution in [-0.2, 0) is 11.3 Å². The van der Waals surface area contributed by atoms with Gasteiger partial charge >= 0.3 is 5.97 Å². The molecule has 0 fully saturated rings. The van der Waals surface area contributed by atoms with Crippen LogP contribution < -0.4 is 5.73 Å². The molecule has 1 aromatic heterocycles. The zero-order chi connectivity index (χ0) is 14.4. The maximum absolute atomic E-state index is 12.2. The second-order valence-corrected chi connectivity index (χ2v) is 4.76. The number of carboxylic acids is 1. The Balaban J connectivity index is 2.81. The number of carboxylic acid groups (broad SMARTS) is 1. The lowest BCUT2D eigenvalue weighted by atomic mass is 10.2. The van der Waals surface area contributed by atoms with Gasteiger partial charge in [-0.1, -0.05) is 13.8 Å². The summed E-state index contributed by atoms with van der Waals surface area (Å²) in [5.41, 5.74) is 5.66. The smallest absolute Gasteiger partial charge is 0.323 e. The number of carbonyl (C=O) groups is 2. The standard InChI is InChI=1S/C12H20N4O3/c1-9(2)5-16(7-11(17)18)12(19)10-6-15(4-3-13)8-14-10/h6,8-9H,3-5,7,13H2,1-2H3,(H,17,18). The molecule has 1 heterocycles. The van der Waals surface area contributed by atoms with Crippen LogP contribution in [0.3, 0.4) is 0 Å². The van der Waals surface area contributed by atoms with Gasteiger partial charge in [0.1, 0.15) is 12.2 Å². The number of hydrogen-bond acceptors (Lipinski definition) is 4. The molecule has 0 aliphatic carbocycles. The average molecular weight is 268 g/mol. The van der Waals surface area contributed by atoms with Gasteiger partial charge in [0.05, 0.1) is 6.33 Å². The quantitative estimate of drug-likeness (QED) is 0.726. The van der Waals surface area contributed by atoms with Crippen LogP contribution in [0.4, 0.5) is 0 Å². The largest absolute Gasteiger partial charge is 0.480 e. The van der Waals surface area contributed by atoms with Crippen LogP contribution >= 0.6 is 0 Å². The van der Waals surface area contributed by atoms with E-state index in [0.29, 0.717) is 19.6 Å². The van der Waals surface area contributed by atoms with E-state index in [0.717, 1.165) is 0 Å². The predicted molar refractivity (Wildman–Crippen MR) is 69.7 cm³/mol. The van der Waals surface area contributed by atoms with E-state index in [1.807, 2.05) is 13.8 Å². The molecule has 0 aliphatic heterocycles. The molecule has 1 amide bonds. The fourth-order valence-electron chi connectivity index (χ4n) is 1.73. The zero-order valence-corrected chi connectivity index (χ0v) is 11.2. The molecule has 106 valence electrons. The van der Waals surface area contributed by atoms with Crippen molar-refractivity contribution in [1.82, 2.24) is 14.5 Å². The molecule has 19 heavy (non-hydrogen) atoms. The molecule has 0 unspecified atom stereocenters. The summed E-state index contributed by atoms with van der Waals surface area (Å²) < 4.78 is 1.71. The third-order valence-corrected chi connectivity index (χ3v) is 2.44. The van der Waals surface area contributed by atoms with Gasteiger partial charge in [-0.2, -0.15) is 0 Å². The van der Waals surface area contributed by atoms with Crippen LogP contribution in [0.1, 0.15) is 24.3 Å². The summed E-state index contributed by atoms with van der Waals surface area (Å²) in [5, 5.41) is 8.85. The number of imidazole rings is 1. The van der Waals surface area contributed by atoms with Gasteiger partial charge in [-0.05, 0) is 5.92 Å². The molecule has 0 aliphatic rings. The van der Waals surface area contributed by atoms with Crippen LogP contribution in [0.2, 0.25) is 0 Å². The molecule has 0 bridgehead atoms. The average Bonchev–Trinajstić information content (AvgIpc) is 2.75. The lowest BCUT2D eigenvalue weighted by molar-refractivity contribution is -0.137. The highest BCUT2D eigenvalue weighted by Gasteiger charge is 2.21. The molecule has 7 heteroatoms. The fourth-order valence-corrected chi connectivity index (χ4v) is 1.73. The first-order valence-corrected chi connectivity index (χ1v) is 6.17. The minimum atomic E-state index is -1.03. The lowest BCUT2D eigenvalue weighted by Crippen LogP contribution is -2.38. The number of hydrogen-bond donors (Lipinski definition) is 2. The number of carbonyl (C=O) groups excluding carboxylic acids is 1. The van der Waals surface area contributed by atoms with Crippen LogP contribution in [0.25, 0.3) is 0 Å². The molecule has 1 rings (SSSR count). The minimum absolute atomic E-state index is 0.189. The Hall–Kier alpha value is -1.89. The topological polar surface area (TPSA) is 101 Å². The van der Waals surface area contributed by atoms with Gasteiger partial charge in [0.2, 0.25) is 0 Å². The third-order valence-electron chi connectivity index (χ3n) is 2.44. The molecule has 0 saturated carbocycles. The van der Waals surface area contributed by atoms with Crippen LogP contribution in [0.15, 0.2) is 12.5 Å². The zero-order valence-electron chi connectivity index (χ0n) is 11.2. The van der Waals surface area contributed by atoms with E-state index in [4.69, 9.17) is 10.8 Å². The number of nitrogens with two attached hydrogens (primary N) is 1. The molecule has 0 spiro atoms. The predicted octanol–water partition coefficient (Wildman–Crippen LogP) is 0.0246. The van der Waals surface area contributed by atoms with Crippen molar-refractivity contribution < 1.29 is 14.7 Å². The maximum Gasteiger partial charge on any atom is 0.323 e. The maximum atomic E-state index is 12.2. The monoisotopic (exact) mass is 268 g/mol. The lowest BCUT2D eigenvalue weighted by Gasteiger charge is -2.21. The van der Waals surface area contributed by atoms with Gasteiger partial charge in [0, 0.05) is 25.8 Å². The van der Waals surface area contributed by atoms with Gasteiger partial charge in [-0.15, -0.1) is 0 Å². The summed E-state index contributed by atoms with van der Waals surface area (Å²) in [6, 6.07) is 0. The molecule has 0 radical (unpaired) electrons. The Bertz CT molecular complexity index is 442. The van der Waals surface area contributed by atoms with Crippen LogP contribution in [0, 0.1) is 5.92 Å². The van der Waals surface area contributed by atoms with Gasteiger partial charge in [-0.3, -0.25) is 9.59 Å². The summed E-state index contributed by atoms with van der Waals surface area (Å²) in [4.78, 5) is 28.3. The number of aromatic nitrogens is 2. The molecule has 1 aromatic rings. The Morgan fingerprint density at radius 2 is 2.21 bits per heavy atom. The van der Waals surface area contributed by atoms with Crippen molar-refractivity contribution in [2.75, 3.05) is 19.6 Å². The van der Waals surface area contributed by atoms with Crippen molar-refractivity contribution in [3.8, 4) is 0 Å². The first-order valence-electron chi connectivity index (χ1n) is 6.17. The summed E-state index contributed by atoms with van der Waals surface area (Å²) in [5.74, 6) is -1.21. The van der Waals surface area contributed by atoms with Gasteiger partial charge in [0.25, 0.3) is 5.91 Å². The van der Waals surface area contributed by atoms with E-state index in [2.05, 4.69) is 4.98 Å². The second-order valence-electron chi connectivity index (χ2n) is 4.76. The summed E-state index contributed by atoms with van der Waals surface area (Å²) in [6.45, 7) is 4.94. The molecule has 0 aromatic carbocycles. The van der Waals surface area contributed by atoms with E-state index in [-0.39, 0.29) is 24.1 Å². The van der Waals surface area contributed by atoms with E-state index in [1.54, 1.807) is 10.8 Å².